The predicted octanol–water partition coefficient (Wildman–Crippen LogP) is 1.39. The quantitative estimate of drug-likeness (QED) is 0.551. The molecule has 0 radical (unpaired) electrons. The summed E-state index contributed by atoms with van der Waals surface area (Å²) in [5.41, 5.74) is 0.839. The zero-order valence-corrected chi connectivity index (χ0v) is 14.0. The van der Waals surface area contributed by atoms with Crippen molar-refractivity contribution in [2.75, 3.05) is 0 Å². The van der Waals surface area contributed by atoms with Crippen molar-refractivity contribution in [3.63, 3.8) is 0 Å². The van der Waals surface area contributed by atoms with Crippen LogP contribution in [0.15, 0.2) is 30.3 Å². The minimum absolute atomic E-state index is 0.0804. The molecule has 2 atom stereocenters. The molecule has 1 aromatic carbocycles. The highest BCUT2D eigenvalue weighted by molar-refractivity contribution is 6.35. The molecule has 0 aliphatic carbocycles. The third-order valence-electron chi connectivity index (χ3n) is 3.39. The van der Waals surface area contributed by atoms with Crippen molar-refractivity contribution in [3.05, 3.63) is 35.9 Å². The second-order valence-corrected chi connectivity index (χ2v) is 5.92. The van der Waals surface area contributed by atoms with E-state index in [2.05, 4.69) is 10.6 Å². The predicted molar refractivity (Wildman–Crippen MR) is 87.4 cm³/mol. The van der Waals surface area contributed by atoms with Crippen LogP contribution in [0.5, 0.6) is 0 Å². The Morgan fingerprint density at radius 2 is 1.68 bits per heavy atom. The number of carbonyl (C=O) groups is 3. The molecule has 0 bridgehead atoms. The van der Waals surface area contributed by atoms with Gasteiger partial charge in [0.05, 0.1) is 6.04 Å². The second-order valence-electron chi connectivity index (χ2n) is 5.92. The molecular weight excluding hydrogens is 334 g/mol. The van der Waals surface area contributed by atoms with Crippen LogP contribution in [0.1, 0.15) is 25.8 Å². The van der Waals surface area contributed by atoms with Crippen LogP contribution < -0.4 is 10.6 Å². The third kappa shape index (κ3) is 7.38. The van der Waals surface area contributed by atoms with Crippen molar-refractivity contribution in [1.82, 2.24) is 10.6 Å². The number of amides is 1. The monoisotopic (exact) mass is 356 g/mol. The molecule has 0 saturated heterocycles. The van der Waals surface area contributed by atoms with E-state index in [0.29, 0.717) is 0 Å². The lowest BCUT2D eigenvalue weighted by molar-refractivity contribution is -0.151. The number of Topliss-reactive ketones (excluding diaryl/α,β-unsaturated/α-hetero) is 1. The van der Waals surface area contributed by atoms with Gasteiger partial charge in [0.1, 0.15) is 6.04 Å². The first-order valence-corrected chi connectivity index (χ1v) is 7.86. The van der Waals surface area contributed by atoms with Crippen molar-refractivity contribution < 1.29 is 28.3 Å². The summed E-state index contributed by atoms with van der Waals surface area (Å²) < 4.78 is 25.2. The number of benzene rings is 1. The molecule has 0 aliphatic heterocycles. The summed E-state index contributed by atoms with van der Waals surface area (Å²) in [6, 6.07) is 6.39. The molecule has 25 heavy (non-hydrogen) atoms. The molecule has 0 fully saturated rings. The average Bonchev–Trinajstić information content (AvgIpc) is 2.52. The molecular formula is C17H22F2N2O4. The van der Waals surface area contributed by atoms with Gasteiger partial charge in [0, 0.05) is 12.5 Å². The number of nitrogens with one attached hydrogen (secondary N) is 2. The highest BCUT2D eigenvalue weighted by atomic mass is 19.3. The van der Waals surface area contributed by atoms with Crippen LogP contribution in [0.2, 0.25) is 0 Å². The number of hydrogen-bond acceptors (Lipinski definition) is 4. The van der Waals surface area contributed by atoms with E-state index in [9.17, 15) is 23.2 Å². The van der Waals surface area contributed by atoms with Crippen LogP contribution in [0.3, 0.4) is 0 Å². The number of ketones is 1. The summed E-state index contributed by atoms with van der Waals surface area (Å²) >= 11 is 0. The molecule has 3 N–H and O–H groups in total. The van der Waals surface area contributed by atoms with E-state index in [1.807, 2.05) is 19.9 Å². The Morgan fingerprint density at radius 1 is 1.08 bits per heavy atom. The average molecular weight is 356 g/mol. The topological polar surface area (TPSA) is 95.5 Å². The van der Waals surface area contributed by atoms with Crippen LogP contribution in [-0.4, -0.2) is 47.3 Å². The van der Waals surface area contributed by atoms with Gasteiger partial charge in [-0.15, -0.1) is 0 Å². The normalized spacial score (nSPS) is 13.5. The van der Waals surface area contributed by atoms with Gasteiger partial charge < -0.3 is 15.7 Å². The molecule has 0 heterocycles. The van der Waals surface area contributed by atoms with Gasteiger partial charge in [-0.25, -0.2) is 13.6 Å². The molecule has 0 saturated carbocycles. The summed E-state index contributed by atoms with van der Waals surface area (Å²) in [4.78, 5) is 34.8. The van der Waals surface area contributed by atoms with Crippen molar-refractivity contribution in [2.45, 2.75) is 51.2 Å². The highest BCUT2D eigenvalue weighted by Gasteiger charge is 2.31. The van der Waals surface area contributed by atoms with Gasteiger partial charge in [-0.1, -0.05) is 44.2 Å². The lowest BCUT2D eigenvalue weighted by Crippen LogP contribution is -2.54. The van der Waals surface area contributed by atoms with Gasteiger partial charge in [-0.05, 0) is 12.0 Å². The minimum Gasteiger partial charge on any atom is -0.475 e. The Kier molecular flexibility index (Phi) is 8.13. The first-order valence-electron chi connectivity index (χ1n) is 7.86. The van der Waals surface area contributed by atoms with Crippen LogP contribution in [0, 0.1) is 0 Å². The van der Waals surface area contributed by atoms with E-state index >= 15 is 0 Å². The Labute approximate surface area is 144 Å². The van der Waals surface area contributed by atoms with E-state index in [1.54, 1.807) is 24.3 Å². The smallest absolute Gasteiger partial charge is 0.374 e. The maximum atomic E-state index is 12.6. The molecule has 0 aromatic heterocycles. The molecule has 1 rings (SSSR count). The lowest BCUT2D eigenvalue weighted by atomic mass is 10.0. The Balaban J connectivity index is 2.90. The summed E-state index contributed by atoms with van der Waals surface area (Å²) in [5, 5.41) is 13.9. The van der Waals surface area contributed by atoms with E-state index in [0.717, 1.165) is 5.56 Å². The van der Waals surface area contributed by atoms with Gasteiger partial charge in [0.15, 0.2) is 0 Å². The van der Waals surface area contributed by atoms with E-state index in [4.69, 9.17) is 5.11 Å². The summed E-state index contributed by atoms with van der Waals surface area (Å²) in [7, 11) is 0. The van der Waals surface area contributed by atoms with E-state index < -0.39 is 42.6 Å². The standard InChI is InChI=1S/C17H22F2N2O4/c1-10(2)20-13(8-11-6-4-3-5-7-11)16(23)21-12(9-14(18)19)15(22)17(24)25/h3-7,10,12-14,20H,8-9H2,1-2H3,(H,21,23)(H,24,25)/t12?,13-/m0/s1. The highest BCUT2D eigenvalue weighted by Crippen LogP contribution is 2.08. The number of rotatable bonds is 10. The maximum Gasteiger partial charge on any atom is 0.374 e. The van der Waals surface area contributed by atoms with Crippen LogP contribution in [-0.2, 0) is 20.8 Å². The fourth-order valence-corrected chi connectivity index (χ4v) is 2.31. The van der Waals surface area contributed by atoms with Crippen molar-refractivity contribution >= 4 is 17.7 Å². The zero-order chi connectivity index (χ0) is 19.0. The second kappa shape index (κ2) is 9.83. The number of carboxylic acids is 1. The number of carboxylic acid groups (broad SMARTS) is 1. The fourth-order valence-electron chi connectivity index (χ4n) is 2.31. The van der Waals surface area contributed by atoms with Gasteiger partial charge in [0.2, 0.25) is 12.3 Å². The Bertz CT molecular complexity index is 594. The SMILES string of the molecule is CC(C)N[C@@H](Cc1ccccc1)C(=O)NC(CC(F)F)C(=O)C(=O)O. The summed E-state index contributed by atoms with van der Waals surface area (Å²) in [6.45, 7) is 3.62. The largest absolute Gasteiger partial charge is 0.475 e. The number of halogens is 2. The number of hydrogen-bond donors (Lipinski definition) is 3. The molecule has 8 heteroatoms. The van der Waals surface area contributed by atoms with Crippen molar-refractivity contribution in [1.29, 1.82) is 0 Å². The zero-order valence-electron chi connectivity index (χ0n) is 14.0. The minimum atomic E-state index is -2.92. The summed E-state index contributed by atoms with van der Waals surface area (Å²) in [6.07, 6.45) is -3.69. The number of aliphatic carboxylic acids is 1. The fraction of sp³-hybridized carbons (Fsp3) is 0.471. The Morgan fingerprint density at radius 3 is 2.16 bits per heavy atom. The molecule has 1 amide bonds. The van der Waals surface area contributed by atoms with Gasteiger partial charge in [-0.3, -0.25) is 9.59 Å². The van der Waals surface area contributed by atoms with E-state index in [-0.39, 0.29) is 12.5 Å². The number of carbonyl (C=O) groups excluding carboxylic acids is 2. The van der Waals surface area contributed by atoms with E-state index in [1.165, 1.54) is 0 Å². The van der Waals surface area contributed by atoms with Crippen molar-refractivity contribution in [3.8, 4) is 0 Å². The molecule has 6 nitrogen and oxygen atoms in total. The third-order valence-corrected chi connectivity index (χ3v) is 3.39. The van der Waals surface area contributed by atoms with Crippen LogP contribution in [0.25, 0.3) is 0 Å². The maximum absolute atomic E-state index is 12.6. The molecule has 1 unspecified atom stereocenters. The molecule has 0 spiro atoms. The van der Waals surface area contributed by atoms with Gasteiger partial charge in [0.25, 0.3) is 5.78 Å². The van der Waals surface area contributed by atoms with Crippen LogP contribution >= 0.6 is 0 Å². The van der Waals surface area contributed by atoms with Gasteiger partial charge >= 0.3 is 5.97 Å². The molecule has 138 valence electrons. The van der Waals surface area contributed by atoms with Crippen molar-refractivity contribution in [2.24, 2.45) is 0 Å². The lowest BCUT2D eigenvalue weighted by Gasteiger charge is -2.23. The molecule has 1 aromatic rings. The molecule has 0 aliphatic rings. The Hall–Kier alpha value is -2.35. The first kappa shape index (κ1) is 20.7. The van der Waals surface area contributed by atoms with Crippen LogP contribution in [0.4, 0.5) is 8.78 Å². The van der Waals surface area contributed by atoms with Gasteiger partial charge in [-0.2, -0.15) is 0 Å². The first-order chi connectivity index (χ1) is 11.7. The number of alkyl halides is 2. The summed E-state index contributed by atoms with van der Waals surface area (Å²) in [5.74, 6) is -4.02.